The lowest BCUT2D eigenvalue weighted by Crippen LogP contribution is -2.53. The largest absolute Gasteiger partial charge is 0.480 e. The zero-order chi connectivity index (χ0) is 14.5. The third-order valence-electron chi connectivity index (χ3n) is 3.08. The lowest BCUT2D eigenvalue weighted by Gasteiger charge is -2.35. The third-order valence-corrected chi connectivity index (χ3v) is 3.08. The van der Waals surface area contributed by atoms with Crippen molar-refractivity contribution in [2.75, 3.05) is 33.4 Å². The van der Waals surface area contributed by atoms with Gasteiger partial charge < -0.3 is 30.3 Å². The molecule has 4 N–H and O–H groups in total. The van der Waals surface area contributed by atoms with Crippen LogP contribution in [0.5, 0.6) is 0 Å². The molecule has 1 aliphatic heterocycles. The number of amides is 2. The van der Waals surface area contributed by atoms with Crippen LogP contribution in [-0.4, -0.2) is 77.3 Å². The first-order chi connectivity index (χ1) is 8.88. The van der Waals surface area contributed by atoms with Crippen molar-refractivity contribution in [3.05, 3.63) is 0 Å². The molecular weight excluding hydrogens is 256 g/mol. The van der Waals surface area contributed by atoms with Crippen molar-refractivity contribution in [2.24, 2.45) is 0 Å². The molecule has 0 aromatic rings. The number of carbonyl (C=O) groups is 2. The molecular formula is C11H20N2O6. The van der Waals surface area contributed by atoms with E-state index in [1.807, 2.05) is 0 Å². The summed E-state index contributed by atoms with van der Waals surface area (Å²) in [5.74, 6) is -1.31. The Labute approximate surface area is 111 Å². The fourth-order valence-electron chi connectivity index (χ4n) is 1.87. The molecule has 8 heteroatoms. The summed E-state index contributed by atoms with van der Waals surface area (Å²) in [6.07, 6.45) is 0.847. The maximum atomic E-state index is 11.7. The molecule has 0 aliphatic carbocycles. The van der Waals surface area contributed by atoms with E-state index in [1.54, 1.807) is 0 Å². The van der Waals surface area contributed by atoms with Crippen LogP contribution in [0.2, 0.25) is 0 Å². The molecule has 0 saturated carbocycles. The zero-order valence-electron chi connectivity index (χ0n) is 10.8. The third kappa shape index (κ3) is 4.66. The lowest BCUT2D eigenvalue weighted by atomic mass is 9.94. The van der Waals surface area contributed by atoms with Crippen molar-refractivity contribution >= 4 is 12.0 Å². The Hall–Kier alpha value is -1.38. The van der Waals surface area contributed by atoms with E-state index in [1.165, 1.54) is 11.9 Å². The number of aliphatic hydroxyl groups excluding tert-OH is 1. The van der Waals surface area contributed by atoms with E-state index in [9.17, 15) is 14.7 Å². The van der Waals surface area contributed by atoms with Gasteiger partial charge in [0.2, 0.25) is 0 Å². The van der Waals surface area contributed by atoms with Crippen LogP contribution in [0.1, 0.15) is 12.8 Å². The molecule has 0 aromatic carbocycles. The first kappa shape index (κ1) is 15.7. The van der Waals surface area contributed by atoms with Gasteiger partial charge in [0.05, 0.1) is 18.8 Å². The Balaban J connectivity index is 2.50. The molecule has 1 rings (SSSR count). The summed E-state index contributed by atoms with van der Waals surface area (Å²) in [6, 6.07) is -2.00. The second-order valence-corrected chi connectivity index (χ2v) is 4.72. The molecule has 1 atom stereocenters. The van der Waals surface area contributed by atoms with Crippen molar-refractivity contribution in [2.45, 2.75) is 24.5 Å². The number of hydrogen-bond acceptors (Lipinski definition) is 5. The van der Waals surface area contributed by atoms with Crippen LogP contribution in [0.15, 0.2) is 0 Å². The van der Waals surface area contributed by atoms with Crippen LogP contribution in [0.4, 0.5) is 4.79 Å². The summed E-state index contributed by atoms with van der Waals surface area (Å²) in [6.45, 7) is 0.258. The number of rotatable bonds is 5. The van der Waals surface area contributed by atoms with Crippen LogP contribution in [0.3, 0.4) is 0 Å². The molecule has 1 fully saturated rings. The Morgan fingerprint density at radius 3 is 2.47 bits per heavy atom. The Morgan fingerprint density at radius 1 is 1.42 bits per heavy atom. The first-order valence-electron chi connectivity index (χ1n) is 6.03. The first-order valence-corrected chi connectivity index (χ1v) is 6.03. The average molecular weight is 276 g/mol. The maximum Gasteiger partial charge on any atom is 0.328 e. The number of carboxylic acids is 1. The monoisotopic (exact) mass is 276 g/mol. The van der Waals surface area contributed by atoms with Crippen molar-refractivity contribution < 1.29 is 29.6 Å². The maximum absolute atomic E-state index is 11.7. The number of carbonyl (C=O) groups excluding carboxylic acids is 1. The van der Waals surface area contributed by atoms with Gasteiger partial charge in [-0.15, -0.1) is 0 Å². The number of nitrogens with zero attached hydrogens (tertiary/aromatic N) is 1. The highest BCUT2D eigenvalue weighted by Gasteiger charge is 2.33. The van der Waals surface area contributed by atoms with Gasteiger partial charge in [0.15, 0.2) is 6.04 Å². The minimum absolute atomic E-state index is 0.0833. The Kier molecular flexibility index (Phi) is 5.52. The van der Waals surface area contributed by atoms with Gasteiger partial charge >= 0.3 is 12.0 Å². The molecule has 0 aromatic heterocycles. The van der Waals surface area contributed by atoms with E-state index >= 15 is 0 Å². The fraction of sp³-hybridized carbons (Fsp3) is 0.818. The van der Waals surface area contributed by atoms with Crippen LogP contribution in [-0.2, 0) is 9.53 Å². The summed E-state index contributed by atoms with van der Waals surface area (Å²) < 4.78 is 5.13. The van der Waals surface area contributed by atoms with Gasteiger partial charge in [-0.1, -0.05) is 0 Å². The normalized spacial score (nSPS) is 19.5. The molecule has 19 heavy (non-hydrogen) atoms. The molecule has 0 bridgehead atoms. The Bertz CT molecular complexity index is 329. The predicted molar refractivity (Wildman–Crippen MR) is 64.7 cm³/mol. The van der Waals surface area contributed by atoms with Gasteiger partial charge in [0.1, 0.15) is 0 Å². The van der Waals surface area contributed by atoms with E-state index in [2.05, 4.69) is 5.32 Å². The van der Waals surface area contributed by atoms with Gasteiger partial charge in [-0.2, -0.15) is 0 Å². The Morgan fingerprint density at radius 2 is 2.00 bits per heavy atom. The van der Waals surface area contributed by atoms with Gasteiger partial charge in [0.25, 0.3) is 0 Å². The molecule has 0 unspecified atom stereocenters. The highest BCUT2D eigenvalue weighted by molar-refractivity contribution is 5.82. The molecule has 8 nitrogen and oxygen atoms in total. The molecule has 2 amide bonds. The van der Waals surface area contributed by atoms with Gasteiger partial charge in [-0.05, 0) is 0 Å². The number of nitrogens with one attached hydrogen (secondary N) is 1. The number of urea groups is 1. The second kappa shape index (κ2) is 6.69. The lowest BCUT2D eigenvalue weighted by molar-refractivity contribution is -0.140. The second-order valence-electron chi connectivity index (χ2n) is 4.72. The summed E-state index contributed by atoms with van der Waals surface area (Å²) in [5, 5.41) is 29.9. The quantitative estimate of drug-likeness (QED) is 0.491. The van der Waals surface area contributed by atoms with Crippen molar-refractivity contribution in [3.63, 3.8) is 0 Å². The smallest absolute Gasteiger partial charge is 0.328 e. The molecule has 0 radical (unpaired) electrons. The minimum atomic E-state index is -1.35. The molecule has 1 heterocycles. The summed E-state index contributed by atoms with van der Waals surface area (Å²) >= 11 is 0. The van der Waals surface area contributed by atoms with E-state index in [4.69, 9.17) is 14.9 Å². The molecule has 1 aliphatic rings. The summed E-state index contributed by atoms with van der Waals surface area (Å²) in [4.78, 5) is 23.6. The highest BCUT2D eigenvalue weighted by atomic mass is 16.5. The number of aliphatic carboxylic acids is 1. The molecule has 110 valence electrons. The van der Waals surface area contributed by atoms with Crippen molar-refractivity contribution in [3.8, 4) is 0 Å². The zero-order valence-corrected chi connectivity index (χ0v) is 10.8. The minimum Gasteiger partial charge on any atom is -0.480 e. The molecule has 0 spiro atoms. The van der Waals surface area contributed by atoms with Gasteiger partial charge in [-0.25, -0.2) is 9.59 Å². The highest BCUT2D eigenvalue weighted by Crippen LogP contribution is 2.21. The van der Waals surface area contributed by atoms with Gasteiger partial charge in [-0.3, -0.25) is 0 Å². The summed E-state index contributed by atoms with van der Waals surface area (Å²) in [7, 11) is 1.46. The topological polar surface area (TPSA) is 119 Å². The van der Waals surface area contributed by atoms with Crippen LogP contribution in [0.25, 0.3) is 0 Å². The van der Waals surface area contributed by atoms with Crippen LogP contribution >= 0.6 is 0 Å². The van der Waals surface area contributed by atoms with Gasteiger partial charge in [0, 0.05) is 33.1 Å². The number of hydrogen-bond donors (Lipinski definition) is 4. The van der Waals surface area contributed by atoms with Crippen LogP contribution in [0, 0.1) is 0 Å². The number of carboxylic acid groups (broad SMARTS) is 1. The van der Waals surface area contributed by atoms with Crippen molar-refractivity contribution in [1.29, 1.82) is 0 Å². The fourth-order valence-corrected chi connectivity index (χ4v) is 1.87. The van der Waals surface area contributed by atoms with Crippen LogP contribution < -0.4 is 5.32 Å². The standard InChI is InChI=1S/C11H20N2O6/c1-13(7-11(18)2-4-19-5-3-11)10(17)12-8(6-14)9(15)16/h8,14,18H,2-7H2,1H3,(H,12,17)(H,15,16)/t8-/m1/s1. The predicted octanol–water partition coefficient (Wildman–Crippen LogP) is -1.39. The molecule has 1 saturated heterocycles. The van der Waals surface area contributed by atoms with E-state index < -0.39 is 30.3 Å². The average Bonchev–Trinajstić information content (AvgIpc) is 2.35. The van der Waals surface area contributed by atoms with E-state index in [0.717, 1.165) is 0 Å². The number of ether oxygens (including phenoxy) is 1. The van der Waals surface area contributed by atoms with E-state index in [0.29, 0.717) is 26.1 Å². The van der Waals surface area contributed by atoms with E-state index in [-0.39, 0.29) is 6.54 Å². The number of likely N-dealkylation sites (N-methyl/N-ethyl adjacent to an activating group) is 1. The SMILES string of the molecule is CN(CC1(O)CCOCC1)C(=O)N[C@H](CO)C(=O)O. The van der Waals surface area contributed by atoms with Crippen molar-refractivity contribution in [1.82, 2.24) is 10.2 Å². The summed E-state index contributed by atoms with van der Waals surface area (Å²) in [5.41, 5.74) is -1.01. The number of aliphatic hydroxyl groups is 2.